The van der Waals surface area contributed by atoms with E-state index in [-0.39, 0.29) is 5.41 Å². The molecule has 0 aliphatic rings. The van der Waals surface area contributed by atoms with Crippen LogP contribution in [0.4, 0.5) is 0 Å². The van der Waals surface area contributed by atoms with Crippen LogP contribution < -0.4 is 5.46 Å². The predicted octanol–water partition coefficient (Wildman–Crippen LogP) is 3.76. The number of hydrogen-bond donors (Lipinski definition) is 2. The lowest BCUT2D eigenvalue weighted by atomic mass is 9.80. The molecule has 0 aliphatic heterocycles. The molecule has 0 bridgehead atoms. The Morgan fingerprint density at radius 3 is 2.08 bits per heavy atom. The molecule has 1 aromatic heterocycles. The topological polar surface area (TPSA) is 45.4 Å². The van der Waals surface area contributed by atoms with Gasteiger partial charge >= 0.3 is 7.12 Å². The van der Waals surface area contributed by atoms with Gasteiger partial charge in [-0.2, -0.15) is 0 Å². The van der Waals surface area contributed by atoms with Gasteiger partial charge in [0.1, 0.15) is 0 Å². The Hall–Kier alpha value is -2.56. The standard InChI is InChI=1S/C22H22BNO2/c1-22(2,3)15-8-11-17(12-9-15)24-20-7-5-4-6-18(20)19-14-16(23(25)26)10-13-21(19)24/h4-14,25-26H,1-3H3. The minimum Gasteiger partial charge on any atom is -0.423 e. The van der Waals surface area contributed by atoms with Gasteiger partial charge in [-0.3, -0.25) is 0 Å². The third-order valence-corrected chi connectivity index (χ3v) is 4.99. The third kappa shape index (κ3) is 2.72. The monoisotopic (exact) mass is 343 g/mol. The second kappa shape index (κ2) is 6.01. The van der Waals surface area contributed by atoms with Crippen LogP contribution >= 0.6 is 0 Å². The van der Waals surface area contributed by atoms with E-state index >= 15 is 0 Å². The molecule has 0 amide bonds. The van der Waals surface area contributed by atoms with Crippen LogP contribution in [0.25, 0.3) is 27.5 Å². The zero-order valence-electron chi connectivity index (χ0n) is 15.3. The van der Waals surface area contributed by atoms with Crippen LogP contribution in [0.3, 0.4) is 0 Å². The maximum absolute atomic E-state index is 9.53. The highest BCUT2D eigenvalue weighted by molar-refractivity contribution is 6.59. The Balaban J connectivity index is 1.99. The first-order chi connectivity index (χ1) is 12.4. The van der Waals surface area contributed by atoms with Gasteiger partial charge in [-0.15, -0.1) is 0 Å². The van der Waals surface area contributed by atoms with Crippen molar-refractivity contribution >= 4 is 34.4 Å². The molecule has 0 saturated carbocycles. The molecule has 4 rings (SSSR count). The van der Waals surface area contributed by atoms with Crippen molar-refractivity contribution in [2.75, 3.05) is 0 Å². The number of rotatable bonds is 2. The van der Waals surface area contributed by atoms with Crippen LogP contribution in [0.5, 0.6) is 0 Å². The van der Waals surface area contributed by atoms with Crippen LogP contribution in [0.1, 0.15) is 26.3 Å². The van der Waals surface area contributed by atoms with Crippen LogP contribution in [0, 0.1) is 0 Å². The van der Waals surface area contributed by atoms with Crippen molar-refractivity contribution in [3.05, 3.63) is 72.3 Å². The van der Waals surface area contributed by atoms with Crippen molar-refractivity contribution in [3.63, 3.8) is 0 Å². The maximum atomic E-state index is 9.53. The lowest BCUT2D eigenvalue weighted by molar-refractivity contribution is 0.426. The van der Waals surface area contributed by atoms with E-state index in [9.17, 15) is 10.0 Å². The van der Waals surface area contributed by atoms with Gasteiger partial charge in [0.2, 0.25) is 0 Å². The van der Waals surface area contributed by atoms with E-state index in [4.69, 9.17) is 0 Å². The van der Waals surface area contributed by atoms with Crippen molar-refractivity contribution in [1.29, 1.82) is 0 Å². The third-order valence-electron chi connectivity index (χ3n) is 4.99. The molecule has 0 unspecified atom stereocenters. The number of fused-ring (bicyclic) bond motifs is 3. The molecular formula is C22H22BNO2. The molecule has 0 atom stereocenters. The van der Waals surface area contributed by atoms with E-state index in [1.807, 2.05) is 24.3 Å². The average Bonchev–Trinajstić information content (AvgIpc) is 2.95. The van der Waals surface area contributed by atoms with Crippen LogP contribution in [0.15, 0.2) is 66.7 Å². The van der Waals surface area contributed by atoms with Gasteiger partial charge in [0, 0.05) is 16.5 Å². The summed E-state index contributed by atoms with van der Waals surface area (Å²) in [5.41, 5.74) is 5.18. The van der Waals surface area contributed by atoms with E-state index in [0.29, 0.717) is 5.46 Å². The molecule has 3 aromatic carbocycles. The number of nitrogens with zero attached hydrogens (tertiary/aromatic N) is 1. The first kappa shape index (κ1) is 16.9. The van der Waals surface area contributed by atoms with Gasteiger partial charge in [-0.25, -0.2) is 0 Å². The highest BCUT2D eigenvalue weighted by atomic mass is 16.4. The summed E-state index contributed by atoms with van der Waals surface area (Å²) in [6.07, 6.45) is 0. The van der Waals surface area contributed by atoms with Gasteiger partial charge in [0.15, 0.2) is 0 Å². The molecule has 0 fully saturated rings. The summed E-state index contributed by atoms with van der Waals surface area (Å²) in [5, 5.41) is 21.2. The number of benzene rings is 3. The van der Waals surface area contributed by atoms with Crippen molar-refractivity contribution in [3.8, 4) is 5.69 Å². The largest absolute Gasteiger partial charge is 0.488 e. The normalized spacial score (nSPS) is 12.0. The highest BCUT2D eigenvalue weighted by Gasteiger charge is 2.17. The summed E-state index contributed by atoms with van der Waals surface area (Å²) in [4.78, 5) is 0. The molecule has 1 heterocycles. The van der Waals surface area contributed by atoms with Gasteiger partial charge in [0.25, 0.3) is 0 Å². The van der Waals surface area contributed by atoms with Gasteiger partial charge in [0.05, 0.1) is 11.0 Å². The van der Waals surface area contributed by atoms with Crippen molar-refractivity contribution in [2.24, 2.45) is 0 Å². The van der Waals surface area contributed by atoms with Crippen molar-refractivity contribution in [2.45, 2.75) is 26.2 Å². The van der Waals surface area contributed by atoms with Crippen LogP contribution in [-0.2, 0) is 5.41 Å². The molecule has 2 N–H and O–H groups in total. The van der Waals surface area contributed by atoms with Crippen LogP contribution in [-0.4, -0.2) is 21.7 Å². The Morgan fingerprint density at radius 1 is 0.769 bits per heavy atom. The van der Waals surface area contributed by atoms with E-state index in [1.165, 1.54) is 5.56 Å². The summed E-state index contributed by atoms with van der Waals surface area (Å²) in [6, 6.07) is 22.5. The summed E-state index contributed by atoms with van der Waals surface area (Å²) in [6.45, 7) is 6.64. The first-order valence-electron chi connectivity index (χ1n) is 8.86. The lowest BCUT2D eigenvalue weighted by Crippen LogP contribution is -2.29. The predicted molar refractivity (Wildman–Crippen MR) is 109 cm³/mol. The summed E-state index contributed by atoms with van der Waals surface area (Å²) in [7, 11) is -1.47. The quantitative estimate of drug-likeness (QED) is 0.545. The maximum Gasteiger partial charge on any atom is 0.488 e. The molecule has 0 saturated heterocycles. The zero-order chi connectivity index (χ0) is 18.5. The fraction of sp³-hybridized carbons (Fsp3) is 0.182. The highest BCUT2D eigenvalue weighted by Crippen LogP contribution is 2.32. The second-order valence-electron chi connectivity index (χ2n) is 7.80. The molecule has 130 valence electrons. The van der Waals surface area contributed by atoms with Crippen LogP contribution in [0.2, 0.25) is 0 Å². The number of para-hydroxylation sites is 1. The molecular weight excluding hydrogens is 321 g/mol. The summed E-state index contributed by atoms with van der Waals surface area (Å²) < 4.78 is 2.23. The summed E-state index contributed by atoms with van der Waals surface area (Å²) >= 11 is 0. The minimum absolute atomic E-state index is 0.117. The Labute approximate surface area is 153 Å². The van der Waals surface area contributed by atoms with E-state index in [1.54, 1.807) is 6.07 Å². The molecule has 26 heavy (non-hydrogen) atoms. The molecule has 0 aliphatic carbocycles. The number of aromatic nitrogens is 1. The number of hydrogen-bond acceptors (Lipinski definition) is 2. The Morgan fingerprint density at radius 2 is 1.42 bits per heavy atom. The molecule has 3 nitrogen and oxygen atoms in total. The van der Waals surface area contributed by atoms with E-state index in [0.717, 1.165) is 27.5 Å². The summed E-state index contributed by atoms with van der Waals surface area (Å²) in [5.74, 6) is 0. The lowest BCUT2D eigenvalue weighted by Gasteiger charge is -2.19. The fourth-order valence-electron chi connectivity index (χ4n) is 3.54. The van der Waals surface area contributed by atoms with Gasteiger partial charge in [-0.1, -0.05) is 63.2 Å². The molecule has 4 heteroatoms. The van der Waals surface area contributed by atoms with Gasteiger partial charge < -0.3 is 14.6 Å². The first-order valence-corrected chi connectivity index (χ1v) is 8.86. The SMILES string of the molecule is CC(C)(C)c1ccc(-n2c3ccccc3c3cc(B(O)O)ccc32)cc1. The van der Waals surface area contributed by atoms with Crippen molar-refractivity contribution < 1.29 is 10.0 Å². The van der Waals surface area contributed by atoms with E-state index in [2.05, 4.69) is 61.7 Å². The molecule has 4 aromatic rings. The second-order valence-corrected chi connectivity index (χ2v) is 7.80. The Kier molecular flexibility index (Phi) is 3.90. The fourth-order valence-corrected chi connectivity index (χ4v) is 3.54. The minimum atomic E-state index is -1.47. The van der Waals surface area contributed by atoms with Gasteiger partial charge in [-0.05, 0) is 40.7 Å². The molecule has 0 radical (unpaired) electrons. The zero-order valence-corrected chi connectivity index (χ0v) is 15.3. The smallest absolute Gasteiger partial charge is 0.423 e. The Bertz CT molecular complexity index is 1090. The van der Waals surface area contributed by atoms with E-state index < -0.39 is 7.12 Å². The molecule has 0 spiro atoms. The average molecular weight is 343 g/mol. The van der Waals surface area contributed by atoms with Crippen molar-refractivity contribution in [1.82, 2.24) is 4.57 Å².